The Bertz CT molecular complexity index is 1280. The number of amides is 3. The first-order valence-electron chi connectivity index (χ1n) is 10.9. The van der Waals surface area contributed by atoms with E-state index in [-0.39, 0.29) is 24.1 Å². The number of carbonyl (C=O) groups excluding carboxylic acids is 3. The quantitative estimate of drug-likeness (QED) is 0.483. The summed E-state index contributed by atoms with van der Waals surface area (Å²) in [4.78, 5) is 38.4. The van der Waals surface area contributed by atoms with Crippen LogP contribution in [0.25, 0.3) is 0 Å². The lowest BCUT2D eigenvalue weighted by Gasteiger charge is -2.13. The van der Waals surface area contributed by atoms with Gasteiger partial charge in [0.05, 0.1) is 24.5 Å². The van der Waals surface area contributed by atoms with Gasteiger partial charge < -0.3 is 15.4 Å². The van der Waals surface area contributed by atoms with Crippen molar-refractivity contribution in [1.29, 1.82) is 0 Å². The molecule has 1 aliphatic rings. The standard InChI is InChI=1S/C26H24N4O4S/c1-17(25(32)28-23-16-24(31)30(29-23)20-10-4-3-5-11-20)35-22-13-7-9-19(15-22)27-26(33)18-8-6-12-21(14-18)34-2/h3-15,17H,16H2,1-2H3,(H,27,33)(H,28,29,32). The number of ether oxygens (including phenoxy) is 1. The number of hydrogen-bond acceptors (Lipinski definition) is 6. The lowest BCUT2D eigenvalue weighted by atomic mass is 10.2. The average molecular weight is 489 g/mol. The molecule has 0 aromatic heterocycles. The molecular formula is C26H24N4O4S. The van der Waals surface area contributed by atoms with Crippen molar-refractivity contribution in [3.05, 3.63) is 84.4 Å². The SMILES string of the molecule is COc1cccc(C(=O)Nc2cccc(SC(C)C(=O)NC3=NN(c4ccccc4)C(=O)C3)c2)c1. The highest BCUT2D eigenvalue weighted by molar-refractivity contribution is 8.00. The van der Waals surface area contributed by atoms with E-state index in [0.717, 1.165) is 4.90 Å². The van der Waals surface area contributed by atoms with Crippen molar-refractivity contribution in [2.75, 3.05) is 17.4 Å². The lowest BCUT2D eigenvalue weighted by Crippen LogP contribution is -2.35. The van der Waals surface area contributed by atoms with Gasteiger partial charge in [0, 0.05) is 16.1 Å². The maximum atomic E-state index is 12.7. The van der Waals surface area contributed by atoms with Gasteiger partial charge in [-0.2, -0.15) is 10.1 Å². The molecule has 3 amide bonds. The third kappa shape index (κ3) is 6.07. The van der Waals surface area contributed by atoms with Gasteiger partial charge in [-0.05, 0) is 55.5 Å². The summed E-state index contributed by atoms with van der Waals surface area (Å²) in [6, 6.07) is 23.2. The van der Waals surface area contributed by atoms with Crippen molar-refractivity contribution in [2.45, 2.75) is 23.5 Å². The molecule has 1 heterocycles. The molecule has 4 rings (SSSR count). The molecule has 1 unspecified atom stereocenters. The number of hydrazone groups is 1. The zero-order valence-electron chi connectivity index (χ0n) is 19.2. The summed E-state index contributed by atoms with van der Waals surface area (Å²) in [6.07, 6.45) is 0.0316. The van der Waals surface area contributed by atoms with Crippen LogP contribution in [0.4, 0.5) is 11.4 Å². The molecule has 0 radical (unpaired) electrons. The minimum atomic E-state index is -0.456. The second-order valence-electron chi connectivity index (χ2n) is 7.73. The molecule has 8 nitrogen and oxygen atoms in total. The Morgan fingerprint density at radius 3 is 2.54 bits per heavy atom. The van der Waals surface area contributed by atoms with Crippen LogP contribution in [0.1, 0.15) is 23.7 Å². The largest absolute Gasteiger partial charge is 0.497 e. The van der Waals surface area contributed by atoms with Crippen LogP contribution in [0.5, 0.6) is 5.75 Å². The first-order valence-corrected chi connectivity index (χ1v) is 11.8. The zero-order chi connectivity index (χ0) is 24.8. The van der Waals surface area contributed by atoms with Crippen molar-refractivity contribution >= 4 is 46.7 Å². The molecule has 0 bridgehead atoms. The molecule has 2 N–H and O–H groups in total. The number of hydrogen-bond donors (Lipinski definition) is 2. The minimum absolute atomic E-state index is 0.0316. The van der Waals surface area contributed by atoms with Crippen LogP contribution >= 0.6 is 11.8 Å². The highest BCUT2D eigenvalue weighted by Gasteiger charge is 2.27. The molecule has 0 spiro atoms. The predicted molar refractivity (Wildman–Crippen MR) is 137 cm³/mol. The van der Waals surface area contributed by atoms with Gasteiger partial charge in [0.15, 0.2) is 0 Å². The van der Waals surface area contributed by atoms with E-state index in [9.17, 15) is 14.4 Å². The van der Waals surface area contributed by atoms with Gasteiger partial charge in [0.1, 0.15) is 11.6 Å². The van der Waals surface area contributed by atoms with Crippen LogP contribution in [0.3, 0.4) is 0 Å². The molecule has 1 aliphatic heterocycles. The van der Waals surface area contributed by atoms with Crippen molar-refractivity contribution in [3.8, 4) is 5.75 Å². The number of amidine groups is 1. The second kappa shape index (κ2) is 10.9. The first-order chi connectivity index (χ1) is 16.9. The monoisotopic (exact) mass is 488 g/mol. The topological polar surface area (TPSA) is 100 Å². The summed E-state index contributed by atoms with van der Waals surface area (Å²) in [5.74, 6) is 0.190. The van der Waals surface area contributed by atoms with Gasteiger partial charge in [-0.1, -0.05) is 30.3 Å². The van der Waals surface area contributed by atoms with E-state index in [1.807, 2.05) is 30.3 Å². The predicted octanol–water partition coefficient (Wildman–Crippen LogP) is 4.29. The third-order valence-electron chi connectivity index (χ3n) is 5.15. The van der Waals surface area contributed by atoms with Gasteiger partial charge in [-0.3, -0.25) is 14.4 Å². The molecular weight excluding hydrogens is 464 g/mol. The highest BCUT2D eigenvalue weighted by atomic mass is 32.2. The molecule has 0 saturated heterocycles. The molecule has 3 aromatic rings. The van der Waals surface area contributed by atoms with E-state index in [1.165, 1.54) is 16.8 Å². The van der Waals surface area contributed by atoms with Crippen LogP contribution in [-0.2, 0) is 9.59 Å². The normalized spacial score (nSPS) is 13.7. The van der Waals surface area contributed by atoms with E-state index in [1.54, 1.807) is 62.6 Å². The summed E-state index contributed by atoms with van der Waals surface area (Å²) in [5, 5.41) is 10.7. The van der Waals surface area contributed by atoms with E-state index >= 15 is 0 Å². The van der Waals surface area contributed by atoms with E-state index in [0.29, 0.717) is 28.5 Å². The van der Waals surface area contributed by atoms with Crippen LogP contribution in [0, 0.1) is 0 Å². The van der Waals surface area contributed by atoms with Crippen LogP contribution in [0.15, 0.2) is 88.9 Å². The maximum Gasteiger partial charge on any atom is 0.255 e. The van der Waals surface area contributed by atoms with Crippen molar-refractivity contribution in [1.82, 2.24) is 5.32 Å². The molecule has 3 aromatic carbocycles. The number of nitrogens with zero attached hydrogens (tertiary/aromatic N) is 2. The number of benzene rings is 3. The fraction of sp³-hybridized carbons (Fsp3) is 0.154. The number of para-hydroxylation sites is 1. The summed E-state index contributed by atoms with van der Waals surface area (Å²) >= 11 is 1.34. The first kappa shape index (κ1) is 24.0. The molecule has 0 saturated carbocycles. The van der Waals surface area contributed by atoms with Crippen molar-refractivity contribution in [3.63, 3.8) is 0 Å². The van der Waals surface area contributed by atoms with E-state index in [4.69, 9.17) is 4.74 Å². The number of nitrogens with one attached hydrogen (secondary N) is 2. The lowest BCUT2D eigenvalue weighted by molar-refractivity contribution is -0.118. The number of anilines is 2. The summed E-state index contributed by atoms with van der Waals surface area (Å²) < 4.78 is 5.17. The average Bonchev–Trinajstić information content (AvgIpc) is 3.24. The highest BCUT2D eigenvalue weighted by Crippen LogP contribution is 2.27. The van der Waals surface area contributed by atoms with Crippen LogP contribution < -0.4 is 20.4 Å². The molecule has 178 valence electrons. The molecule has 9 heteroatoms. The van der Waals surface area contributed by atoms with Crippen molar-refractivity contribution in [2.24, 2.45) is 5.10 Å². The minimum Gasteiger partial charge on any atom is -0.497 e. The van der Waals surface area contributed by atoms with Gasteiger partial charge in [-0.25, -0.2) is 0 Å². The summed E-state index contributed by atoms with van der Waals surface area (Å²) in [5.41, 5.74) is 1.74. The number of carbonyl (C=O) groups is 3. The summed E-state index contributed by atoms with van der Waals surface area (Å²) in [6.45, 7) is 1.77. The van der Waals surface area contributed by atoms with Crippen LogP contribution in [-0.4, -0.2) is 35.9 Å². The third-order valence-corrected chi connectivity index (χ3v) is 6.24. The Morgan fingerprint density at radius 2 is 1.77 bits per heavy atom. The van der Waals surface area contributed by atoms with Crippen molar-refractivity contribution < 1.29 is 19.1 Å². The molecule has 1 atom stereocenters. The Labute approximate surface area is 207 Å². The maximum absolute atomic E-state index is 12.7. The Kier molecular flexibility index (Phi) is 7.47. The number of thioether (sulfide) groups is 1. The van der Waals surface area contributed by atoms with Gasteiger partial charge in [0.2, 0.25) is 5.91 Å². The Balaban J connectivity index is 1.36. The second-order valence-corrected chi connectivity index (χ2v) is 9.14. The molecule has 0 aliphatic carbocycles. The van der Waals surface area contributed by atoms with Crippen LogP contribution in [0.2, 0.25) is 0 Å². The van der Waals surface area contributed by atoms with Gasteiger partial charge >= 0.3 is 0 Å². The number of rotatable bonds is 7. The Morgan fingerprint density at radius 1 is 1.00 bits per heavy atom. The smallest absolute Gasteiger partial charge is 0.255 e. The van der Waals surface area contributed by atoms with Gasteiger partial charge in [0.25, 0.3) is 11.8 Å². The Hall–Kier alpha value is -4.11. The fourth-order valence-corrected chi connectivity index (χ4v) is 4.31. The zero-order valence-corrected chi connectivity index (χ0v) is 20.0. The summed E-state index contributed by atoms with van der Waals surface area (Å²) in [7, 11) is 1.55. The van der Waals surface area contributed by atoms with E-state index in [2.05, 4.69) is 15.7 Å². The van der Waals surface area contributed by atoms with Gasteiger partial charge in [-0.15, -0.1) is 11.8 Å². The van der Waals surface area contributed by atoms with E-state index < -0.39 is 5.25 Å². The fourth-order valence-electron chi connectivity index (χ4n) is 3.39. The molecule has 0 fully saturated rings. The number of methoxy groups -OCH3 is 1. The molecule has 35 heavy (non-hydrogen) atoms.